The molecule has 6 nitrogen and oxygen atoms in total. The first-order chi connectivity index (χ1) is 11.3. The third-order valence-corrected chi connectivity index (χ3v) is 4.32. The van der Waals surface area contributed by atoms with Crippen LogP contribution in [-0.4, -0.2) is 29.3 Å². The van der Waals surface area contributed by atoms with E-state index in [0.717, 1.165) is 48.2 Å². The smallest absolute Gasteiger partial charge is 0.276 e. The number of nitrogens with zero attached hydrogens (tertiary/aromatic N) is 1. The number of hydrogen-bond donors (Lipinski definition) is 3. The molecule has 6 heteroatoms. The van der Waals surface area contributed by atoms with E-state index in [0.29, 0.717) is 12.2 Å². The molecule has 0 spiro atoms. The summed E-state index contributed by atoms with van der Waals surface area (Å²) < 4.78 is 5.70. The van der Waals surface area contributed by atoms with Crippen LogP contribution in [0.4, 0.5) is 5.69 Å². The number of aromatic amines is 1. The minimum absolute atomic E-state index is 0.183. The van der Waals surface area contributed by atoms with E-state index in [1.807, 2.05) is 24.3 Å². The maximum atomic E-state index is 12.4. The van der Waals surface area contributed by atoms with Crippen molar-refractivity contribution in [3.63, 3.8) is 0 Å². The van der Waals surface area contributed by atoms with Gasteiger partial charge < -0.3 is 15.4 Å². The number of H-pyrrole nitrogens is 1. The van der Waals surface area contributed by atoms with Gasteiger partial charge in [0.15, 0.2) is 5.69 Å². The molecule has 0 unspecified atom stereocenters. The molecule has 1 amide bonds. The van der Waals surface area contributed by atoms with Crippen molar-refractivity contribution in [2.75, 3.05) is 18.5 Å². The van der Waals surface area contributed by atoms with Crippen LogP contribution >= 0.6 is 0 Å². The van der Waals surface area contributed by atoms with Gasteiger partial charge in [-0.15, -0.1) is 0 Å². The predicted molar refractivity (Wildman–Crippen MR) is 86.6 cm³/mol. The summed E-state index contributed by atoms with van der Waals surface area (Å²) in [4.78, 5) is 12.4. The van der Waals surface area contributed by atoms with Crippen molar-refractivity contribution in [3.05, 3.63) is 41.2 Å². The average molecular weight is 312 g/mol. The van der Waals surface area contributed by atoms with E-state index in [-0.39, 0.29) is 5.91 Å². The average Bonchev–Trinajstić information content (AvgIpc) is 3.31. The number of anilines is 1. The number of rotatable bonds is 5. The summed E-state index contributed by atoms with van der Waals surface area (Å²) in [6, 6.07) is 7.49. The number of carbonyl (C=O) groups is 1. The lowest BCUT2D eigenvalue weighted by molar-refractivity contribution is 0.102. The third kappa shape index (κ3) is 3.22. The fraction of sp³-hybridized carbons (Fsp3) is 0.412. The summed E-state index contributed by atoms with van der Waals surface area (Å²) in [5, 5.41) is 13.3. The minimum Gasteiger partial charge on any atom is -0.493 e. The van der Waals surface area contributed by atoms with E-state index in [1.54, 1.807) is 0 Å². The second-order valence-electron chi connectivity index (χ2n) is 6.19. The van der Waals surface area contributed by atoms with Crippen molar-refractivity contribution < 1.29 is 9.53 Å². The molecule has 1 aromatic heterocycles. The number of benzene rings is 1. The number of fused-ring (bicyclic) bond motifs is 1. The number of aromatic nitrogens is 2. The lowest BCUT2D eigenvalue weighted by Gasteiger charge is -2.13. The number of amides is 1. The zero-order valence-electron chi connectivity index (χ0n) is 12.9. The van der Waals surface area contributed by atoms with Crippen LogP contribution < -0.4 is 15.4 Å². The first-order valence-corrected chi connectivity index (χ1v) is 8.10. The fourth-order valence-electron chi connectivity index (χ4n) is 2.74. The van der Waals surface area contributed by atoms with E-state index < -0.39 is 0 Å². The molecule has 0 bridgehead atoms. The van der Waals surface area contributed by atoms with Crippen LogP contribution in [0.15, 0.2) is 24.3 Å². The molecular formula is C17H20N4O2. The van der Waals surface area contributed by atoms with Gasteiger partial charge in [-0.1, -0.05) is 0 Å². The predicted octanol–water partition coefficient (Wildman–Crippen LogP) is 2.10. The highest BCUT2D eigenvalue weighted by Crippen LogP contribution is 2.29. The Bertz CT molecular complexity index is 704. The van der Waals surface area contributed by atoms with Crippen LogP contribution in [0, 0.1) is 5.92 Å². The molecule has 1 aromatic carbocycles. The Kier molecular flexibility index (Phi) is 3.75. The van der Waals surface area contributed by atoms with Crippen LogP contribution in [0.5, 0.6) is 5.75 Å². The first-order valence-electron chi connectivity index (χ1n) is 8.10. The molecule has 1 aliphatic heterocycles. The Morgan fingerprint density at radius 2 is 2.13 bits per heavy atom. The van der Waals surface area contributed by atoms with Gasteiger partial charge in [0.2, 0.25) is 0 Å². The lowest BCUT2D eigenvalue weighted by atomic mass is 10.1. The number of ether oxygens (including phenoxy) is 1. The molecule has 2 aliphatic rings. The monoisotopic (exact) mass is 312 g/mol. The molecule has 0 atom stereocenters. The number of hydrogen-bond acceptors (Lipinski definition) is 4. The van der Waals surface area contributed by atoms with Crippen LogP contribution in [-0.2, 0) is 13.0 Å². The van der Waals surface area contributed by atoms with Gasteiger partial charge in [-0.3, -0.25) is 9.89 Å². The van der Waals surface area contributed by atoms with Crippen LogP contribution in [0.2, 0.25) is 0 Å². The highest BCUT2D eigenvalue weighted by molar-refractivity contribution is 6.04. The van der Waals surface area contributed by atoms with Crippen LogP contribution in [0.3, 0.4) is 0 Å². The topological polar surface area (TPSA) is 79.0 Å². The van der Waals surface area contributed by atoms with Crippen LogP contribution in [0.25, 0.3) is 0 Å². The second-order valence-corrected chi connectivity index (χ2v) is 6.19. The summed E-state index contributed by atoms with van der Waals surface area (Å²) in [6.07, 6.45) is 3.43. The molecule has 0 saturated heterocycles. The van der Waals surface area contributed by atoms with Crippen molar-refractivity contribution in [2.24, 2.45) is 5.92 Å². The highest BCUT2D eigenvalue weighted by atomic mass is 16.5. The quantitative estimate of drug-likeness (QED) is 0.790. The van der Waals surface area contributed by atoms with E-state index in [9.17, 15) is 4.79 Å². The molecule has 23 heavy (non-hydrogen) atoms. The summed E-state index contributed by atoms with van der Waals surface area (Å²) in [6.45, 7) is 2.39. The highest BCUT2D eigenvalue weighted by Gasteiger charge is 2.22. The van der Waals surface area contributed by atoms with E-state index in [1.165, 1.54) is 12.8 Å². The van der Waals surface area contributed by atoms with Gasteiger partial charge in [0.1, 0.15) is 5.75 Å². The Labute approximate surface area is 134 Å². The Hall–Kier alpha value is -2.34. The fourth-order valence-corrected chi connectivity index (χ4v) is 2.74. The molecule has 4 rings (SSSR count). The largest absolute Gasteiger partial charge is 0.493 e. The normalized spacial score (nSPS) is 16.7. The van der Waals surface area contributed by atoms with Gasteiger partial charge in [-0.2, -0.15) is 5.10 Å². The zero-order chi connectivity index (χ0) is 15.6. The summed E-state index contributed by atoms with van der Waals surface area (Å²) in [5.41, 5.74) is 3.24. The minimum atomic E-state index is -0.183. The van der Waals surface area contributed by atoms with Crippen molar-refractivity contribution in [1.82, 2.24) is 15.5 Å². The molecule has 2 aromatic rings. The van der Waals surface area contributed by atoms with Crippen molar-refractivity contribution in [3.8, 4) is 5.75 Å². The van der Waals surface area contributed by atoms with Gasteiger partial charge in [-0.25, -0.2) is 0 Å². The molecule has 3 N–H and O–H groups in total. The summed E-state index contributed by atoms with van der Waals surface area (Å²) in [7, 11) is 0. The van der Waals surface area contributed by atoms with E-state index >= 15 is 0 Å². The van der Waals surface area contributed by atoms with Gasteiger partial charge in [0, 0.05) is 36.5 Å². The van der Waals surface area contributed by atoms with Crippen LogP contribution in [0.1, 0.15) is 34.6 Å². The Balaban J connectivity index is 1.40. The second kappa shape index (κ2) is 6.04. The SMILES string of the molecule is O=C(Nc1ccc(OCC2CC2)cc1)c1n[nH]c2c1CNCC2. The Morgan fingerprint density at radius 3 is 2.91 bits per heavy atom. The molecule has 0 radical (unpaired) electrons. The van der Waals surface area contributed by atoms with Crippen molar-refractivity contribution >= 4 is 11.6 Å². The molecule has 1 aliphatic carbocycles. The summed E-state index contributed by atoms with van der Waals surface area (Å²) in [5.74, 6) is 1.39. The number of carbonyl (C=O) groups excluding carboxylic acids is 1. The van der Waals surface area contributed by atoms with Gasteiger partial charge in [0.05, 0.1) is 6.61 Å². The molecule has 1 saturated carbocycles. The van der Waals surface area contributed by atoms with E-state index in [4.69, 9.17) is 4.74 Å². The molecule has 1 fully saturated rings. The standard InChI is InChI=1S/C17H20N4O2/c22-17(16-14-9-18-8-7-15(14)20-21-16)19-12-3-5-13(6-4-12)23-10-11-1-2-11/h3-6,11,18H,1-2,7-10H2,(H,19,22)(H,20,21). The van der Waals surface area contributed by atoms with E-state index in [2.05, 4.69) is 20.8 Å². The maximum absolute atomic E-state index is 12.4. The van der Waals surface area contributed by atoms with Crippen molar-refractivity contribution in [1.29, 1.82) is 0 Å². The molecular weight excluding hydrogens is 292 g/mol. The summed E-state index contributed by atoms with van der Waals surface area (Å²) >= 11 is 0. The third-order valence-electron chi connectivity index (χ3n) is 4.32. The van der Waals surface area contributed by atoms with Gasteiger partial charge in [-0.05, 0) is 43.0 Å². The maximum Gasteiger partial charge on any atom is 0.276 e. The Morgan fingerprint density at radius 1 is 1.30 bits per heavy atom. The number of nitrogens with one attached hydrogen (secondary N) is 3. The molecule has 120 valence electrons. The first kappa shape index (κ1) is 14.3. The molecule has 2 heterocycles. The van der Waals surface area contributed by atoms with Gasteiger partial charge >= 0.3 is 0 Å². The zero-order valence-corrected chi connectivity index (χ0v) is 12.9. The van der Waals surface area contributed by atoms with Gasteiger partial charge in [0.25, 0.3) is 5.91 Å². The lowest BCUT2D eigenvalue weighted by Crippen LogP contribution is -2.25. The van der Waals surface area contributed by atoms with Crippen molar-refractivity contribution in [2.45, 2.75) is 25.8 Å².